The summed E-state index contributed by atoms with van der Waals surface area (Å²) in [5, 5.41) is 8.68. The van der Waals surface area contributed by atoms with Crippen LogP contribution in [0.25, 0.3) is 17.2 Å². The Bertz CT molecular complexity index is 1140. The fraction of sp³-hybridized carbons (Fsp3) is 0.211. The van der Waals surface area contributed by atoms with Crippen LogP contribution < -0.4 is 5.76 Å². The summed E-state index contributed by atoms with van der Waals surface area (Å²) in [4.78, 5) is 20.5. The van der Waals surface area contributed by atoms with E-state index in [1.54, 1.807) is 18.6 Å². The lowest BCUT2D eigenvalue weighted by Gasteiger charge is -2.05. The second-order valence-electron chi connectivity index (χ2n) is 6.42. The van der Waals surface area contributed by atoms with Crippen LogP contribution >= 0.6 is 0 Å². The van der Waals surface area contributed by atoms with Crippen molar-refractivity contribution in [3.63, 3.8) is 0 Å². The highest BCUT2D eigenvalue weighted by Gasteiger charge is 2.25. The highest BCUT2D eigenvalue weighted by atomic mass is 16.5. The van der Waals surface area contributed by atoms with E-state index in [9.17, 15) is 4.79 Å². The molecule has 8 nitrogen and oxygen atoms in total. The van der Waals surface area contributed by atoms with E-state index in [1.165, 1.54) is 15.8 Å². The van der Waals surface area contributed by atoms with Crippen molar-refractivity contribution in [3.05, 3.63) is 76.4 Å². The van der Waals surface area contributed by atoms with E-state index in [1.807, 2.05) is 35.0 Å². The summed E-state index contributed by atoms with van der Waals surface area (Å²) in [5.41, 5.74) is 4.79. The van der Waals surface area contributed by atoms with Gasteiger partial charge in [-0.3, -0.25) is 9.51 Å². The first-order valence-electron chi connectivity index (χ1n) is 8.79. The van der Waals surface area contributed by atoms with Crippen LogP contribution in [0.2, 0.25) is 0 Å². The van der Waals surface area contributed by atoms with Crippen LogP contribution in [-0.4, -0.2) is 29.5 Å². The van der Waals surface area contributed by atoms with Gasteiger partial charge in [0, 0.05) is 18.1 Å². The average molecular weight is 360 g/mol. The van der Waals surface area contributed by atoms with Crippen molar-refractivity contribution in [2.45, 2.75) is 25.8 Å². The molecule has 0 unspecified atom stereocenters. The Morgan fingerprint density at radius 3 is 2.81 bits per heavy atom. The summed E-state index contributed by atoms with van der Waals surface area (Å²) in [6, 6.07) is 10.0. The molecular weight excluding hydrogens is 344 g/mol. The lowest BCUT2D eigenvalue weighted by atomic mass is 10.2. The number of aromatic nitrogens is 6. The van der Waals surface area contributed by atoms with Crippen LogP contribution in [0.3, 0.4) is 0 Å². The second-order valence-corrected chi connectivity index (χ2v) is 6.42. The second kappa shape index (κ2) is 6.31. The minimum atomic E-state index is -0.531. The molecule has 0 fully saturated rings. The minimum Gasteiger partial charge on any atom is -0.295 e. The molecule has 4 aromatic rings. The molecule has 1 aliphatic carbocycles. The number of para-hydroxylation sites is 1. The van der Waals surface area contributed by atoms with Crippen molar-refractivity contribution < 1.29 is 4.52 Å². The first kappa shape index (κ1) is 15.7. The average Bonchev–Trinajstić information content (AvgIpc) is 3.41. The molecule has 0 spiro atoms. The van der Waals surface area contributed by atoms with Gasteiger partial charge in [0.2, 0.25) is 5.82 Å². The van der Waals surface area contributed by atoms with Gasteiger partial charge in [-0.15, -0.1) is 0 Å². The van der Waals surface area contributed by atoms with Gasteiger partial charge in [0.1, 0.15) is 5.69 Å². The first-order valence-corrected chi connectivity index (χ1v) is 8.79. The largest absolute Gasteiger partial charge is 0.442 e. The molecule has 134 valence electrons. The van der Waals surface area contributed by atoms with Gasteiger partial charge in [-0.05, 0) is 37.0 Å². The molecule has 0 amide bonds. The lowest BCUT2D eigenvalue weighted by Crippen LogP contribution is -2.17. The molecule has 1 aromatic carbocycles. The van der Waals surface area contributed by atoms with Crippen molar-refractivity contribution in [2.75, 3.05) is 0 Å². The third kappa shape index (κ3) is 2.66. The predicted octanol–water partition coefficient (Wildman–Crippen LogP) is 2.02. The maximum Gasteiger partial charge on any atom is 0.442 e. The highest BCUT2D eigenvalue weighted by Crippen LogP contribution is 2.28. The first-order chi connectivity index (χ1) is 13.3. The topological polar surface area (TPSA) is 91.6 Å². The molecule has 0 saturated heterocycles. The van der Waals surface area contributed by atoms with Crippen LogP contribution in [0.15, 0.2) is 58.2 Å². The molecular formula is C19H16N6O2. The Labute approximate surface area is 154 Å². The third-order valence-corrected chi connectivity index (χ3v) is 4.80. The van der Waals surface area contributed by atoms with Gasteiger partial charge in [-0.25, -0.2) is 19.0 Å². The summed E-state index contributed by atoms with van der Waals surface area (Å²) in [6.07, 6.45) is 7.70. The summed E-state index contributed by atoms with van der Waals surface area (Å²) < 4.78 is 8.33. The van der Waals surface area contributed by atoms with Crippen LogP contribution in [-0.2, 0) is 19.4 Å². The van der Waals surface area contributed by atoms with E-state index in [0.29, 0.717) is 11.5 Å². The van der Waals surface area contributed by atoms with Crippen molar-refractivity contribution in [1.29, 1.82) is 0 Å². The van der Waals surface area contributed by atoms with Crippen LogP contribution in [0.1, 0.15) is 23.4 Å². The quantitative estimate of drug-likeness (QED) is 0.553. The number of hydrogen-bond acceptors (Lipinski definition) is 6. The van der Waals surface area contributed by atoms with Gasteiger partial charge in [0.25, 0.3) is 0 Å². The van der Waals surface area contributed by atoms with Crippen molar-refractivity contribution >= 4 is 0 Å². The van der Waals surface area contributed by atoms with Crippen LogP contribution in [0.4, 0.5) is 0 Å². The molecule has 0 saturated carbocycles. The Balaban J connectivity index is 1.59. The molecule has 0 N–H and O–H groups in total. The summed E-state index contributed by atoms with van der Waals surface area (Å²) >= 11 is 0. The van der Waals surface area contributed by atoms with Gasteiger partial charge < -0.3 is 0 Å². The molecule has 0 bridgehead atoms. The predicted molar refractivity (Wildman–Crippen MR) is 96.5 cm³/mol. The number of nitrogens with zero attached hydrogens (tertiary/aromatic N) is 6. The zero-order valence-corrected chi connectivity index (χ0v) is 14.4. The zero-order chi connectivity index (χ0) is 18.2. The number of hydrogen-bond donors (Lipinski definition) is 0. The molecule has 0 atom stereocenters. The van der Waals surface area contributed by atoms with Crippen molar-refractivity contribution in [2.24, 2.45) is 0 Å². The lowest BCUT2D eigenvalue weighted by molar-refractivity contribution is 0.377. The van der Waals surface area contributed by atoms with E-state index in [-0.39, 0.29) is 6.54 Å². The van der Waals surface area contributed by atoms with E-state index in [4.69, 9.17) is 9.62 Å². The normalized spacial score (nSPS) is 13.0. The smallest absolute Gasteiger partial charge is 0.295 e. The van der Waals surface area contributed by atoms with E-state index < -0.39 is 5.76 Å². The Hall–Kier alpha value is -3.55. The van der Waals surface area contributed by atoms with Gasteiger partial charge in [0.05, 0.1) is 24.1 Å². The summed E-state index contributed by atoms with van der Waals surface area (Å²) in [7, 11) is 0. The van der Waals surface area contributed by atoms with Gasteiger partial charge in [0.15, 0.2) is 0 Å². The molecule has 0 radical (unpaired) electrons. The zero-order valence-electron chi connectivity index (χ0n) is 14.4. The van der Waals surface area contributed by atoms with Crippen LogP contribution in [0, 0.1) is 0 Å². The van der Waals surface area contributed by atoms with Gasteiger partial charge in [-0.1, -0.05) is 23.4 Å². The molecule has 5 rings (SSSR count). The van der Waals surface area contributed by atoms with E-state index in [2.05, 4.69) is 15.1 Å². The fourth-order valence-corrected chi connectivity index (χ4v) is 3.58. The van der Waals surface area contributed by atoms with Crippen molar-refractivity contribution in [1.82, 2.24) is 29.5 Å². The molecule has 3 aromatic heterocycles. The number of benzene rings is 1. The summed E-state index contributed by atoms with van der Waals surface area (Å²) in [6.45, 7) is 0.288. The SMILES string of the molecule is O=c1onc(-c2cnccn2)n1Cc1nn(-c2ccccc2)c2c1CCC2. The molecule has 8 heteroatoms. The van der Waals surface area contributed by atoms with E-state index in [0.717, 1.165) is 30.6 Å². The third-order valence-electron chi connectivity index (χ3n) is 4.80. The van der Waals surface area contributed by atoms with Gasteiger partial charge in [-0.2, -0.15) is 5.10 Å². The van der Waals surface area contributed by atoms with Crippen molar-refractivity contribution in [3.8, 4) is 17.2 Å². The number of rotatable bonds is 4. The molecule has 3 heterocycles. The summed E-state index contributed by atoms with van der Waals surface area (Å²) in [5.74, 6) is -0.175. The monoisotopic (exact) mass is 360 g/mol. The fourth-order valence-electron chi connectivity index (χ4n) is 3.58. The molecule has 0 aliphatic heterocycles. The Morgan fingerprint density at radius 1 is 1.11 bits per heavy atom. The van der Waals surface area contributed by atoms with Crippen LogP contribution in [0.5, 0.6) is 0 Å². The Morgan fingerprint density at radius 2 is 2.00 bits per heavy atom. The number of fused-ring (bicyclic) bond motifs is 1. The van der Waals surface area contributed by atoms with Gasteiger partial charge >= 0.3 is 5.76 Å². The minimum absolute atomic E-state index is 0.288. The maximum absolute atomic E-state index is 12.2. The molecule has 1 aliphatic rings. The Kier molecular flexibility index (Phi) is 3.67. The van der Waals surface area contributed by atoms with E-state index >= 15 is 0 Å². The standard InChI is InChI=1S/C19H16N6O2/c26-19-24(18(23-27-19)15-11-20-9-10-21-15)12-16-14-7-4-8-17(14)25(22-16)13-5-2-1-3-6-13/h1-3,5-6,9-11H,4,7-8,12H2. The highest BCUT2D eigenvalue weighted by molar-refractivity contribution is 5.47. The maximum atomic E-state index is 12.2. The molecule has 27 heavy (non-hydrogen) atoms.